The standard InChI is InChI=1S/C15H24N2O3S/c1-11-9-14(10-15(16)12(11)2)21(18,19)17-7-6-13-5-3-4-8-20-13/h9-10,13,17H,3-8,16H2,1-2H3. The lowest BCUT2D eigenvalue weighted by atomic mass is 10.1. The van der Waals surface area contributed by atoms with Crippen molar-refractivity contribution >= 4 is 15.7 Å². The quantitative estimate of drug-likeness (QED) is 0.816. The summed E-state index contributed by atoms with van der Waals surface area (Å²) in [6.45, 7) is 4.92. The fourth-order valence-electron chi connectivity index (χ4n) is 2.48. The molecule has 1 aliphatic rings. The van der Waals surface area contributed by atoms with Crippen LogP contribution >= 0.6 is 0 Å². The first kappa shape index (κ1) is 16.3. The predicted molar refractivity (Wildman–Crippen MR) is 83.7 cm³/mol. The van der Waals surface area contributed by atoms with E-state index in [0.29, 0.717) is 18.7 Å². The van der Waals surface area contributed by atoms with Gasteiger partial charge in [0.15, 0.2) is 0 Å². The van der Waals surface area contributed by atoms with Gasteiger partial charge in [0.1, 0.15) is 0 Å². The van der Waals surface area contributed by atoms with E-state index in [9.17, 15) is 8.42 Å². The number of hydrogen-bond donors (Lipinski definition) is 2. The van der Waals surface area contributed by atoms with E-state index in [1.165, 1.54) is 6.07 Å². The third-order valence-corrected chi connectivity index (χ3v) is 5.46. The van der Waals surface area contributed by atoms with E-state index in [1.807, 2.05) is 13.8 Å². The van der Waals surface area contributed by atoms with Crippen LogP contribution in [0.25, 0.3) is 0 Å². The summed E-state index contributed by atoms with van der Waals surface area (Å²) in [6.07, 6.45) is 4.15. The molecule has 1 aliphatic heterocycles. The van der Waals surface area contributed by atoms with Crippen molar-refractivity contribution in [3.63, 3.8) is 0 Å². The monoisotopic (exact) mass is 312 g/mol. The molecule has 1 unspecified atom stereocenters. The van der Waals surface area contributed by atoms with Crippen molar-refractivity contribution in [2.75, 3.05) is 18.9 Å². The molecule has 1 fully saturated rings. The molecule has 0 spiro atoms. The lowest BCUT2D eigenvalue weighted by Crippen LogP contribution is -2.29. The second-order valence-corrected chi connectivity index (χ2v) is 7.40. The Labute approximate surface area is 126 Å². The summed E-state index contributed by atoms with van der Waals surface area (Å²) in [4.78, 5) is 0.229. The van der Waals surface area contributed by atoms with Crippen LogP contribution in [0, 0.1) is 13.8 Å². The average Bonchev–Trinajstić information content (AvgIpc) is 2.45. The zero-order valence-electron chi connectivity index (χ0n) is 12.7. The summed E-state index contributed by atoms with van der Waals surface area (Å²) in [5.41, 5.74) is 8.16. The Bertz CT molecular complexity index is 570. The molecule has 0 amide bonds. The molecule has 5 nitrogen and oxygen atoms in total. The lowest BCUT2D eigenvalue weighted by molar-refractivity contribution is 0.0123. The van der Waals surface area contributed by atoms with Crippen LogP contribution in [0.1, 0.15) is 36.8 Å². The largest absolute Gasteiger partial charge is 0.398 e. The summed E-state index contributed by atoms with van der Waals surface area (Å²) in [5, 5.41) is 0. The number of rotatable bonds is 5. The molecule has 0 radical (unpaired) electrons. The average molecular weight is 312 g/mol. The third kappa shape index (κ3) is 4.18. The highest BCUT2D eigenvalue weighted by atomic mass is 32.2. The molecule has 0 bridgehead atoms. The minimum atomic E-state index is -3.51. The number of nitrogens with one attached hydrogen (secondary N) is 1. The predicted octanol–water partition coefficient (Wildman–Crippen LogP) is 2.12. The maximum Gasteiger partial charge on any atom is 0.240 e. The van der Waals surface area contributed by atoms with Crippen molar-refractivity contribution in [1.29, 1.82) is 0 Å². The van der Waals surface area contributed by atoms with Gasteiger partial charge in [-0.05, 0) is 62.8 Å². The number of hydrogen-bond acceptors (Lipinski definition) is 4. The van der Waals surface area contributed by atoms with Gasteiger partial charge in [-0.15, -0.1) is 0 Å². The van der Waals surface area contributed by atoms with Crippen molar-refractivity contribution in [3.05, 3.63) is 23.3 Å². The fourth-order valence-corrected chi connectivity index (χ4v) is 3.65. The maximum absolute atomic E-state index is 12.3. The fraction of sp³-hybridized carbons (Fsp3) is 0.600. The molecule has 0 saturated carbocycles. The van der Waals surface area contributed by atoms with Gasteiger partial charge in [0.05, 0.1) is 11.0 Å². The van der Waals surface area contributed by atoms with Crippen molar-refractivity contribution < 1.29 is 13.2 Å². The van der Waals surface area contributed by atoms with Crippen LogP contribution in [-0.4, -0.2) is 27.7 Å². The molecule has 0 aromatic heterocycles. The van der Waals surface area contributed by atoms with Gasteiger partial charge in [0, 0.05) is 18.8 Å². The van der Waals surface area contributed by atoms with Crippen LogP contribution in [0.4, 0.5) is 5.69 Å². The molecule has 21 heavy (non-hydrogen) atoms. The van der Waals surface area contributed by atoms with E-state index < -0.39 is 10.0 Å². The maximum atomic E-state index is 12.3. The molecule has 0 aliphatic carbocycles. The van der Waals surface area contributed by atoms with Crippen LogP contribution in [-0.2, 0) is 14.8 Å². The molecule has 1 aromatic carbocycles. The summed E-state index contributed by atoms with van der Waals surface area (Å²) in [5.74, 6) is 0. The first-order valence-electron chi connectivity index (χ1n) is 7.38. The second kappa shape index (κ2) is 6.77. The number of ether oxygens (including phenoxy) is 1. The molecular weight excluding hydrogens is 288 g/mol. The molecule has 118 valence electrons. The van der Waals surface area contributed by atoms with Gasteiger partial charge in [0.2, 0.25) is 10.0 Å². The Morgan fingerprint density at radius 2 is 2.10 bits per heavy atom. The highest BCUT2D eigenvalue weighted by molar-refractivity contribution is 7.89. The Kier molecular flexibility index (Phi) is 5.24. The van der Waals surface area contributed by atoms with Crippen LogP contribution in [0.5, 0.6) is 0 Å². The Hall–Kier alpha value is -1.11. The van der Waals surface area contributed by atoms with Crippen LogP contribution in [0.2, 0.25) is 0 Å². The summed E-state index contributed by atoms with van der Waals surface area (Å²) < 4.78 is 32.8. The molecular formula is C15H24N2O3S. The van der Waals surface area contributed by atoms with E-state index >= 15 is 0 Å². The first-order chi connectivity index (χ1) is 9.90. The molecule has 1 heterocycles. The first-order valence-corrected chi connectivity index (χ1v) is 8.86. The van der Waals surface area contributed by atoms with Gasteiger partial charge in [0.25, 0.3) is 0 Å². The number of benzene rings is 1. The van der Waals surface area contributed by atoms with Crippen molar-refractivity contribution in [3.8, 4) is 0 Å². The third-order valence-electron chi connectivity index (χ3n) is 4.02. The molecule has 1 atom stereocenters. The van der Waals surface area contributed by atoms with Crippen molar-refractivity contribution in [2.24, 2.45) is 0 Å². The highest BCUT2D eigenvalue weighted by Crippen LogP contribution is 2.21. The van der Waals surface area contributed by atoms with E-state index in [-0.39, 0.29) is 11.0 Å². The SMILES string of the molecule is Cc1cc(S(=O)(=O)NCCC2CCCCO2)cc(N)c1C. The van der Waals surface area contributed by atoms with Crippen LogP contribution in [0.3, 0.4) is 0 Å². The molecule has 1 saturated heterocycles. The van der Waals surface area contributed by atoms with E-state index in [2.05, 4.69) is 4.72 Å². The zero-order chi connectivity index (χ0) is 15.5. The van der Waals surface area contributed by atoms with Gasteiger partial charge in [-0.3, -0.25) is 0 Å². The minimum Gasteiger partial charge on any atom is -0.398 e. The molecule has 3 N–H and O–H groups in total. The normalized spacial score (nSPS) is 19.6. The zero-order valence-corrected chi connectivity index (χ0v) is 13.5. The summed E-state index contributed by atoms with van der Waals surface area (Å²) >= 11 is 0. The smallest absolute Gasteiger partial charge is 0.240 e. The van der Waals surface area contributed by atoms with Crippen LogP contribution in [0.15, 0.2) is 17.0 Å². The van der Waals surface area contributed by atoms with Crippen LogP contribution < -0.4 is 10.5 Å². The topological polar surface area (TPSA) is 81.4 Å². The van der Waals surface area contributed by atoms with Crippen molar-refractivity contribution in [1.82, 2.24) is 4.72 Å². The van der Waals surface area contributed by atoms with E-state index in [1.54, 1.807) is 6.07 Å². The number of nitrogen functional groups attached to an aromatic ring is 1. The van der Waals surface area contributed by atoms with E-state index in [4.69, 9.17) is 10.5 Å². The number of nitrogens with two attached hydrogens (primary N) is 1. The van der Waals surface area contributed by atoms with Gasteiger partial charge < -0.3 is 10.5 Å². The highest BCUT2D eigenvalue weighted by Gasteiger charge is 2.18. The Morgan fingerprint density at radius 3 is 2.71 bits per heavy atom. The van der Waals surface area contributed by atoms with E-state index in [0.717, 1.165) is 37.0 Å². The number of aryl methyl sites for hydroxylation is 1. The summed E-state index contributed by atoms with van der Waals surface area (Å²) in [6, 6.07) is 3.17. The van der Waals surface area contributed by atoms with Gasteiger partial charge in [-0.1, -0.05) is 0 Å². The van der Waals surface area contributed by atoms with Gasteiger partial charge in [-0.2, -0.15) is 0 Å². The lowest BCUT2D eigenvalue weighted by Gasteiger charge is -2.22. The summed E-state index contributed by atoms with van der Waals surface area (Å²) in [7, 11) is -3.51. The Morgan fingerprint density at radius 1 is 1.33 bits per heavy atom. The van der Waals surface area contributed by atoms with Gasteiger partial charge >= 0.3 is 0 Å². The number of sulfonamides is 1. The number of anilines is 1. The van der Waals surface area contributed by atoms with Crippen molar-refractivity contribution in [2.45, 2.75) is 50.5 Å². The molecule has 1 aromatic rings. The second-order valence-electron chi connectivity index (χ2n) is 5.63. The van der Waals surface area contributed by atoms with Gasteiger partial charge in [-0.25, -0.2) is 13.1 Å². The molecule has 2 rings (SSSR count). The Balaban J connectivity index is 1.98. The minimum absolute atomic E-state index is 0.172. The molecule has 6 heteroatoms.